The van der Waals surface area contributed by atoms with Crippen LogP contribution in [0.4, 0.5) is 5.69 Å². The van der Waals surface area contributed by atoms with Crippen molar-refractivity contribution in [3.63, 3.8) is 0 Å². The van der Waals surface area contributed by atoms with Crippen molar-refractivity contribution >= 4 is 37.0 Å². The van der Waals surface area contributed by atoms with Gasteiger partial charge in [-0.1, -0.05) is 48.5 Å². The molecule has 0 aromatic heterocycles. The van der Waals surface area contributed by atoms with E-state index >= 15 is 0 Å². The molecule has 1 atom stereocenters. The molecular formula is C39H50N4O6S. The van der Waals surface area contributed by atoms with Gasteiger partial charge in [-0.2, -0.15) is 13.5 Å². The molecule has 0 spiro atoms. The van der Waals surface area contributed by atoms with Crippen LogP contribution in [0, 0.1) is 11.8 Å². The zero-order valence-electron chi connectivity index (χ0n) is 28.6. The molecule has 1 saturated carbocycles. The Morgan fingerprint density at radius 2 is 1.64 bits per heavy atom. The molecule has 11 heteroatoms. The Bertz CT molecular complexity index is 1560. The number of amides is 1. The quantitative estimate of drug-likeness (QED) is 0.180. The third-order valence-corrected chi connectivity index (χ3v) is 10.2. The van der Waals surface area contributed by atoms with Crippen LogP contribution in [0.2, 0.25) is 0 Å². The number of hydrogen-bond donors (Lipinski definition) is 2. The van der Waals surface area contributed by atoms with E-state index < -0.39 is 5.97 Å². The van der Waals surface area contributed by atoms with Crippen molar-refractivity contribution in [2.24, 2.45) is 22.6 Å². The smallest absolute Gasteiger partial charge is 0.306 e. The molecule has 0 radical (unpaired) electrons. The fraction of sp³-hybridized carbons (Fsp3) is 0.462. The Labute approximate surface area is 302 Å². The Kier molecular flexibility index (Phi) is 13.6. The lowest BCUT2D eigenvalue weighted by Gasteiger charge is -2.42. The average Bonchev–Trinajstić information content (AvgIpc) is 3.13. The molecule has 3 aliphatic rings. The first-order chi connectivity index (χ1) is 23.9. The number of aliphatic imine (C=N–C) groups is 1. The third kappa shape index (κ3) is 9.80. The van der Waals surface area contributed by atoms with E-state index in [2.05, 4.69) is 4.90 Å². The molecule has 0 bridgehead atoms. The minimum atomic E-state index is -0.747. The number of carbonyl (C=O) groups is 2. The van der Waals surface area contributed by atoms with E-state index in [1.54, 1.807) is 0 Å². The summed E-state index contributed by atoms with van der Waals surface area (Å²) in [6, 6.07) is 25.6. The Balaban J connectivity index is 0.00000486. The molecule has 1 amide bonds. The van der Waals surface area contributed by atoms with Crippen LogP contribution >= 0.6 is 13.5 Å². The highest BCUT2D eigenvalue weighted by Gasteiger charge is 2.35. The topological polar surface area (TPSA) is 127 Å². The summed E-state index contributed by atoms with van der Waals surface area (Å²) < 4.78 is 17.9. The highest BCUT2D eigenvalue weighted by Crippen LogP contribution is 2.36. The van der Waals surface area contributed by atoms with Gasteiger partial charge in [-0.3, -0.25) is 9.59 Å². The largest absolute Gasteiger partial charge is 0.481 e. The number of carbonyl (C=O) groups excluding carboxylic acids is 1. The lowest BCUT2D eigenvalue weighted by Crippen LogP contribution is -2.50. The van der Waals surface area contributed by atoms with Crippen LogP contribution in [0.25, 0.3) is 0 Å². The summed E-state index contributed by atoms with van der Waals surface area (Å²) in [6.07, 6.45) is 5.28. The number of carboxylic acid groups (broad SMARTS) is 1. The van der Waals surface area contributed by atoms with Gasteiger partial charge in [-0.05, 0) is 86.8 Å². The number of hydrogen-bond acceptors (Lipinski definition) is 8. The molecule has 0 unspecified atom stereocenters. The van der Waals surface area contributed by atoms with E-state index in [9.17, 15) is 14.7 Å². The van der Waals surface area contributed by atoms with Crippen molar-refractivity contribution in [2.75, 3.05) is 26.4 Å². The van der Waals surface area contributed by atoms with E-state index in [0.29, 0.717) is 89.9 Å². The Hall–Kier alpha value is -4.06. The van der Waals surface area contributed by atoms with Crippen LogP contribution in [0.3, 0.4) is 0 Å². The standard InChI is InChI=1S/C39H48N4O6.H2S/c40-39-41-35-16-15-34(49-33-9-5-2-6-10-33)25-31(35)26-43(39)36(29-19-22-47-23-20-29)17-18-37(44)42(32-13-11-30(12-14-32)38(45)46)21-24-48-27-28-7-3-1-4-8-28;/h1-10,15-16,25,29-30,32,36H,11-14,17-24,26-27H2,(H2,40,41)(H,45,46);1H2/t30?,32?,36-;/m0./s1. The second-order valence-electron chi connectivity index (χ2n) is 13.3. The molecule has 3 N–H and O–H groups in total. The summed E-state index contributed by atoms with van der Waals surface area (Å²) in [5.74, 6) is 1.25. The van der Waals surface area contributed by atoms with Crippen molar-refractivity contribution in [3.05, 3.63) is 90.0 Å². The van der Waals surface area contributed by atoms with Gasteiger partial charge >= 0.3 is 5.97 Å². The lowest BCUT2D eigenvalue weighted by atomic mass is 9.84. The molecule has 3 aromatic rings. The first-order valence-electron chi connectivity index (χ1n) is 17.6. The molecule has 2 aliphatic heterocycles. The van der Waals surface area contributed by atoms with E-state index in [-0.39, 0.29) is 37.4 Å². The summed E-state index contributed by atoms with van der Waals surface area (Å²) in [7, 11) is 0. The summed E-state index contributed by atoms with van der Waals surface area (Å²) in [4.78, 5) is 34.7. The van der Waals surface area contributed by atoms with E-state index in [1.165, 1.54) is 0 Å². The molecule has 1 aliphatic carbocycles. The molecule has 6 rings (SSSR count). The maximum Gasteiger partial charge on any atom is 0.306 e. The highest BCUT2D eigenvalue weighted by atomic mass is 32.1. The van der Waals surface area contributed by atoms with Gasteiger partial charge in [0.25, 0.3) is 0 Å². The van der Waals surface area contributed by atoms with Crippen molar-refractivity contribution in [2.45, 2.75) is 76.6 Å². The van der Waals surface area contributed by atoms with Crippen LogP contribution in [-0.2, 0) is 32.2 Å². The van der Waals surface area contributed by atoms with Crippen LogP contribution in [0.15, 0.2) is 83.9 Å². The molecule has 2 fully saturated rings. The SMILES string of the molecule is NC1=Nc2ccc(Oc3ccccc3)cc2CN1[C@@H](CCC(=O)N(CCOCc1ccccc1)C1CCC(C(=O)O)CC1)C1CCOCC1.S. The average molecular weight is 703 g/mol. The minimum absolute atomic E-state index is 0. The van der Waals surface area contributed by atoms with Crippen LogP contribution < -0.4 is 10.5 Å². The van der Waals surface area contributed by atoms with E-state index in [4.69, 9.17) is 24.9 Å². The van der Waals surface area contributed by atoms with Gasteiger partial charge in [0.05, 0.1) is 24.8 Å². The lowest BCUT2D eigenvalue weighted by molar-refractivity contribution is -0.143. The summed E-state index contributed by atoms with van der Waals surface area (Å²) in [5.41, 5.74) is 9.61. The number of carboxylic acids is 1. The number of guanidine groups is 1. The number of rotatable bonds is 14. The Morgan fingerprint density at radius 1 is 0.940 bits per heavy atom. The third-order valence-electron chi connectivity index (χ3n) is 10.2. The number of nitrogens with zero attached hydrogens (tertiary/aromatic N) is 3. The van der Waals surface area contributed by atoms with Gasteiger partial charge in [0, 0.05) is 50.4 Å². The second kappa shape index (κ2) is 18.3. The number of fused-ring (bicyclic) bond motifs is 1. The molecule has 1 saturated heterocycles. The molecule has 10 nitrogen and oxygen atoms in total. The first kappa shape index (κ1) is 37.2. The van der Waals surface area contributed by atoms with E-state index in [1.807, 2.05) is 83.8 Å². The fourth-order valence-electron chi connectivity index (χ4n) is 7.46. The van der Waals surface area contributed by atoms with Crippen molar-refractivity contribution in [1.29, 1.82) is 0 Å². The number of aliphatic carboxylic acids is 1. The molecule has 268 valence electrons. The van der Waals surface area contributed by atoms with Crippen LogP contribution in [0.1, 0.15) is 62.5 Å². The number of nitrogens with two attached hydrogens (primary N) is 1. The Morgan fingerprint density at radius 3 is 2.34 bits per heavy atom. The van der Waals surface area contributed by atoms with Gasteiger partial charge in [-0.15, -0.1) is 0 Å². The van der Waals surface area contributed by atoms with Gasteiger partial charge < -0.3 is 34.9 Å². The second-order valence-corrected chi connectivity index (χ2v) is 13.3. The number of para-hydroxylation sites is 1. The zero-order chi connectivity index (χ0) is 34.0. The minimum Gasteiger partial charge on any atom is -0.481 e. The molecular weight excluding hydrogens is 653 g/mol. The predicted molar refractivity (Wildman–Crippen MR) is 198 cm³/mol. The van der Waals surface area contributed by atoms with Gasteiger partial charge in [0.1, 0.15) is 11.5 Å². The maximum absolute atomic E-state index is 14.1. The first-order valence-corrected chi connectivity index (χ1v) is 17.6. The summed E-state index contributed by atoms with van der Waals surface area (Å²) in [6.45, 7) is 3.31. The normalized spacial score (nSPS) is 19.8. The monoisotopic (exact) mass is 702 g/mol. The van der Waals surface area contributed by atoms with E-state index in [0.717, 1.165) is 41.2 Å². The predicted octanol–water partition coefficient (Wildman–Crippen LogP) is 6.62. The van der Waals surface area contributed by atoms with Crippen molar-refractivity contribution < 1.29 is 28.9 Å². The van der Waals surface area contributed by atoms with Crippen LogP contribution in [0.5, 0.6) is 11.5 Å². The number of benzene rings is 3. The van der Waals surface area contributed by atoms with Crippen molar-refractivity contribution in [3.8, 4) is 11.5 Å². The van der Waals surface area contributed by atoms with Gasteiger partial charge in [-0.25, -0.2) is 4.99 Å². The number of ether oxygens (including phenoxy) is 3. The summed E-state index contributed by atoms with van der Waals surface area (Å²) in [5, 5.41) is 9.57. The molecule has 50 heavy (non-hydrogen) atoms. The van der Waals surface area contributed by atoms with Gasteiger partial charge in [0.2, 0.25) is 5.91 Å². The highest BCUT2D eigenvalue weighted by molar-refractivity contribution is 7.59. The van der Waals surface area contributed by atoms with Crippen molar-refractivity contribution in [1.82, 2.24) is 9.80 Å². The van der Waals surface area contributed by atoms with Crippen LogP contribution in [-0.4, -0.2) is 71.2 Å². The molecule has 2 heterocycles. The fourth-order valence-corrected chi connectivity index (χ4v) is 7.46. The van der Waals surface area contributed by atoms with Gasteiger partial charge in [0.15, 0.2) is 5.96 Å². The zero-order valence-corrected chi connectivity index (χ0v) is 29.6. The molecule has 3 aromatic carbocycles. The summed E-state index contributed by atoms with van der Waals surface area (Å²) >= 11 is 0. The maximum atomic E-state index is 14.1.